The molecule has 0 radical (unpaired) electrons. The zero-order valence-corrected chi connectivity index (χ0v) is 12.6. The Kier molecular flexibility index (Phi) is 4.15. The highest BCUT2D eigenvalue weighted by atomic mass is 35.5. The Labute approximate surface area is 133 Å². The van der Waals surface area contributed by atoms with E-state index < -0.39 is 0 Å². The number of halogens is 2. The normalized spacial score (nSPS) is 18.3. The molecule has 0 bridgehead atoms. The van der Waals surface area contributed by atoms with Gasteiger partial charge in [0.05, 0.1) is 13.0 Å². The molecule has 1 unspecified atom stereocenters. The third kappa shape index (κ3) is 3.38. The number of hydroxylamine groups is 2. The van der Waals surface area contributed by atoms with Crippen LogP contribution in [0.5, 0.6) is 0 Å². The fourth-order valence-electron chi connectivity index (χ4n) is 2.25. The number of carbonyl (C=O) groups is 1. The lowest BCUT2D eigenvalue weighted by molar-refractivity contribution is -0.177. The first-order chi connectivity index (χ1) is 10.1. The van der Waals surface area contributed by atoms with Crippen LogP contribution in [0.4, 0.5) is 0 Å². The zero-order chi connectivity index (χ0) is 14.8. The largest absolute Gasteiger partial charge is 0.272 e. The van der Waals surface area contributed by atoms with Gasteiger partial charge in [-0.2, -0.15) is 0 Å². The van der Waals surface area contributed by atoms with Gasteiger partial charge in [0, 0.05) is 10.0 Å². The van der Waals surface area contributed by atoms with Crippen molar-refractivity contribution < 1.29 is 9.63 Å². The molecule has 0 saturated carbocycles. The van der Waals surface area contributed by atoms with Gasteiger partial charge in [-0.05, 0) is 35.4 Å². The Morgan fingerprint density at radius 1 is 1.00 bits per heavy atom. The van der Waals surface area contributed by atoms with Crippen molar-refractivity contribution in [3.8, 4) is 0 Å². The lowest BCUT2D eigenvalue weighted by atomic mass is 10.1. The van der Waals surface area contributed by atoms with Gasteiger partial charge in [-0.1, -0.05) is 47.5 Å². The molecule has 2 aromatic rings. The van der Waals surface area contributed by atoms with E-state index in [9.17, 15) is 4.79 Å². The zero-order valence-electron chi connectivity index (χ0n) is 11.1. The molecule has 1 fully saturated rings. The first-order valence-electron chi connectivity index (χ1n) is 6.59. The molecule has 2 aromatic carbocycles. The molecule has 3 rings (SSSR count). The van der Waals surface area contributed by atoms with E-state index in [4.69, 9.17) is 28.0 Å². The third-order valence-corrected chi connectivity index (χ3v) is 3.88. The van der Waals surface area contributed by atoms with Crippen LogP contribution in [0.1, 0.15) is 23.7 Å². The minimum atomic E-state index is -0.248. The van der Waals surface area contributed by atoms with Crippen molar-refractivity contribution in [2.45, 2.75) is 19.1 Å². The maximum absolute atomic E-state index is 12.0. The van der Waals surface area contributed by atoms with Gasteiger partial charge in [0.2, 0.25) is 5.91 Å². The molecule has 1 atom stereocenters. The van der Waals surface area contributed by atoms with Crippen molar-refractivity contribution in [2.75, 3.05) is 0 Å². The van der Waals surface area contributed by atoms with Gasteiger partial charge in [0.1, 0.15) is 6.10 Å². The monoisotopic (exact) mass is 321 g/mol. The molecular formula is C16H13Cl2NO2. The van der Waals surface area contributed by atoms with Crippen LogP contribution in [0.15, 0.2) is 48.5 Å². The van der Waals surface area contributed by atoms with Crippen molar-refractivity contribution in [3.63, 3.8) is 0 Å². The number of carbonyl (C=O) groups excluding carboxylic acids is 1. The summed E-state index contributed by atoms with van der Waals surface area (Å²) >= 11 is 11.7. The van der Waals surface area contributed by atoms with Crippen molar-refractivity contribution in [3.05, 3.63) is 69.7 Å². The lowest BCUT2D eigenvalue weighted by Gasteiger charge is -2.16. The van der Waals surface area contributed by atoms with E-state index in [-0.39, 0.29) is 12.0 Å². The summed E-state index contributed by atoms with van der Waals surface area (Å²) in [5, 5.41) is 2.75. The number of hydrogen-bond donors (Lipinski definition) is 0. The molecule has 1 heterocycles. The molecule has 0 spiro atoms. The highest BCUT2D eigenvalue weighted by Gasteiger charge is 2.32. The van der Waals surface area contributed by atoms with E-state index in [0.717, 1.165) is 11.1 Å². The van der Waals surface area contributed by atoms with Crippen molar-refractivity contribution in [1.82, 2.24) is 5.06 Å². The van der Waals surface area contributed by atoms with Gasteiger partial charge in [-0.15, -0.1) is 0 Å². The molecule has 1 aliphatic rings. The molecule has 1 saturated heterocycles. The fourth-order valence-corrected chi connectivity index (χ4v) is 2.50. The second kappa shape index (κ2) is 6.06. The second-order valence-electron chi connectivity index (χ2n) is 4.91. The van der Waals surface area contributed by atoms with Gasteiger partial charge in [0.25, 0.3) is 0 Å². The van der Waals surface area contributed by atoms with Crippen LogP contribution in [-0.4, -0.2) is 11.0 Å². The Morgan fingerprint density at radius 3 is 2.19 bits per heavy atom. The smallest absolute Gasteiger partial charge is 0.249 e. The summed E-state index contributed by atoms with van der Waals surface area (Å²) in [6.07, 6.45) is 0.0944. The van der Waals surface area contributed by atoms with E-state index in [1.807, 2.05) is 24.3 Å². The maximum Gasteiger partial charge on any atom is 0.249 e. The lowest BCUT2D eigenvalue weighted by Crippen LogP contribution is -2.22. The van der Waals surface area contributed by atoms with E-state index in [1.54, 1.807) is 24.3 Å². The second-order valence-corrected chi connectivity index (χ2v) is 5.78. The number of rotatable bonds is 3. The third-order valence-electron chi connectivity index (χ3n) is 3.37. The Hall–Kier alpha value is -1.55. The average molecular weight is 322 g/mol. The Balaban J connectivity index is 1.69. The number of nitrogens with zero attached hydrogens (tertiary/aromatic N) is 1. The van der Waals surface area contributed by atoms with Crippen molar-refractivity contribution in [1.29, 1.82) is 0 Å². The van der Waals surface area contributed by atoms with Crippen LogP contribution in [0, 0.1) is 0 Å². The molecule has 3 nitrogen and oxygen atoms in total. The van der Waals surface area contributed by atoms with Crippen LogP contribution < -0.4 is 0 Å². The van der Waals surface area contributed by atoms with Gasteiger partial charge < -0.3 is 0 Å². The maximum atomic E-state index is 12.0. The summed E-state index contributed by atoms with van der Waals surface area (Å²) < 4.78 is 0. The predicted octanol–water partition coefficient (Wildman–Crippen LogP) is 4.40. The summed E-state index contributed by atoms with van der Waals surface area (Å²) in [6.45, 7) is 0.417. The van der Waals surface area contributed by atoms with Crippen LogP contribution >= 0.6 is 23.2 Å². The fraction of sp³-hybridized carbons (Fsp3) is 0.188. The topological polar surface area (TPSA) is 29.5 Å². The summed E-state index contributed by atoms with van der Waals surface area (Å²) in [6, 6.07) is 14.7. The van der Waals surface area contributed by atoms with Crippen LogP contribution in [0.2, 0.25) is 10.0 Å². The minimum Gasteiger partial charge on any atom is -0.272 e. The highest BCUT2D eigenvalue weighted by molar-refractivity contribution is 6.30. The quantitative estimate of drug-likeness (QED) is 0.838. The molecule has 0 aliphatic carbocycles. The summed E-state index contributed by atoms with van der Waals surface area (Å²) in [4.78, 5) is 17.8. The van der Waals surface area contributed by atoms with Crippen LogP contribution in [0.3, 0.4) is 0 Å². The average Bonchev–Trinajstić information content (AvgIpc) is 2.83. The molecule has 0 aromatic heterocycles. The van der Waals surface area contributed by atoms with Crippen molar-refractivity contribution >= 4 is 29.1 Å². The SMILES string of the molecule is O=C1CC(c2ccc(Cl)cc2)ON1Cc1ccc(Cl)cc1. The molecule has 108 valence electrons. The Bertz CT molecular complexity index is 640. The van der Waals surface area contributed by atoms with Crippen molar-refractivity contribution in [2.24, 2.45) is 0 Å². The summed E-state index contributed by atoms with van der Waals surface area (Å²) in [5.41, 5.74) is 1.93. The minimum absolute atomic E-state index is 0.0232. The standard InChI is InChI=1S/C16H13Cl2NO2/c17-13-5-1-11(2-6-13)10-19-16(20)9-15(21-19)12-3-7-14(18)8-4-12/h1-8,15H,9-10H2. The van der Waals surface area contributed by atoms with E-state index in [0.29, 0.717) is 23.0 Å². The first-order valence-corrected chi connectivity index (χ1v) is 7.34. The number of hydrogen-bond acceptors (Lipinski definition) is 2. The first kappa shape index (κ1) is 14.4. The van der Waals surface area contributed by atoms with Gasteiger partial charge in [-0.25, -0.2) is 5.06 Å². The van der Waals surface area contributed by atoms with E-state index >= 15 is 0 Å². The highest BCUT2D eigenvalue weighted by Crippen LogP contribution is 2.31. The summed E-state index contributed by atoms with van der Waals surface area (Å²) in [5.74, 6) is -0.0232. The van der Waals surface area contributed by atoms with Gasteiger partial charge in [-0.3, -0.25) is 9.63 Å². The molecular weight excluding hydrogens is 309 g/mol. The number of amides is 1. The molecule has 1 aliphatic heterocycles. The van der Waals surface area contributed by atoms with E-state index in [1.165, 1.54) is 5.06 Å². The molecule has 21 heavy (non-hydrogen) atoms. The number of benzene rings is 2. The predicted molar refractivity (Wildman–Crippen MR) is 81.9 cm³/mol. The Morgan fingerprint density at radius 2 is 1.57 bits per heavy atom. The van der Waals surface area contributed by atoms with Gasteiger partial charge in [0.15, 0.2) is 0 Å². The summed E-state index contributed by atoms with van der Waals surface area (Å²) in [7, 11) is 0. The molecule has 0 N–H and O–H groups in total. The van der Waals surface area contributed by atoms with Crippen LogP contribution in [0.25, 0.3) is 0 Å². The molecule has 5 heteroatoms. The van der Waals surface area contributed by atoms with Crippen LogP contribution in [-0.2, 0) is 16.2 Å². The van der Waals surface area contributed by atoms with E-state index in [2.05, 4.69) is 0 Å². The molecule has 1 amide bonds. The van der Waals surface area contributed by atoms with Gasteiger partial charge >= 0.3 is 0 Å².